The molecule has 0 aliphatic heterocycles. The average Bonchev–Trinajstić information content (AvgIpc) is 2.42. The summed E-state index contributed by atoms with van der Waals surface area (Å²) in [6.07, 6.45) is -3.79. The third-order valence-corrected chi connectivity index (χ3v) is 3.39. The topological polar surface area (TPSA) is 24.9 Å². The minimum absolute atomic E-state index is 0.340. The van der Waals surface area contributed by atoms with Gasteiger partial charge in [0.2, 0.25) is 0 Å². The number of aromatic nitrogens is 1. The van der Waals surface area contributed by atoms with E-state index in [1.807, 2.05) is 0 Å². The van der Waals surface area contributed by atoms with E-state index in [1.165, 1.54) is 6.20 Å². The smallest absolute Gasteiger partial charge is 0.377 e. The molecule has 1 heterocycles. The molecule has 1 unspecified atom stereocenters. The van der Waals surface area contributed by atoms with Crippen LogP contribution >= 0.6 is 11.6 Å². The SMILES string of the molecule is Cc1cc(NC(CC(F)(F)F)c2ccccc2)cnc1Cl. The zero-order valence-electron chi connectivity index (χ0n) is 11.3. The van der Waals surface area contributed by atoms with Gasteiger partial charge in [-0.2, -0.15) is 13.2 Å². The number of aryl methyl sites for hydroxylation is 1. The van der Waals surface area contributed by atoms with Crippen molar-refractivity contribution >= 4 is 17.3 Å². The Balaban J connectivity index is 2.25. The summed E-state index contributed by atoms with van der Waals surface area (Å²) in [5.41, 5.74) is 1.79. The highest BCUT2D eigenvalue weighted by molar-refractivity contribution is 6.30. The molecule has 0 bridgehead atoms. The Hall–Kier alpha value is -1.75. The van der Waals surface area contributed by atoms with E-state index in [4.69, 9.17) is 11.6 Å². The zero-order chi connectivity index (χ0) is 15.5. The summed E-state index contributed by atoms with van der Waals surface area (Å²) in [4.78, 5) is 3.94. The second kappa shape index (κ2) is 6.35. The van der Waals surface area contributed by atoms with Crippen LogP contribution in [0.25, 0.3) is 0 Å². The first-order valence-electron chi connectivity index (χ1n) is 6.35. The summed E-state index contributed by atoms with van der Waals surface area (Å²) in [5.74, 6) is 0. The van der Waals surface area contributed by atoms with E-state index >= 15 is 0 Å². The van der Waals surface area contributed by atoms with Crippen LogP contribution in [-0.2, 0) is 0 Å². The fourth-order valence-electron chi connectivity index (χ4n) is 2.01. The molecule has 0 radical (unpaired) electrons. The molecule has 2 rings (SSSR count). The molecule has 21 heavy (non-hydrogen) atoms. The molecular formula is C15H14ClF3N2. The van der Waals surface area contributed by atoms with Crippen molar-refractivity contribution in [2.45, 2.75) is 25.6 Å². The first-order chi connectivity index (χ1) is 9.85. The lowest BCUT2D eigenvalue weighted by molar-refractivity contribution is -0.137. The monoisotopic (exact) mass is 314 g/mol. The fraction of sp³-hybridized carbons (Fsp3) is 0.267. The molecule has 1 aromatic heterocycles. The summed E-state index contributed by atoms with van der Waals surface area (Å²) in [5, 5.41) is 3.22. The van der Waals surface area contributed by atoms with Gasteiger partial charge in [-0.3, -0.25) is 0 Å². The highest BCUT2D eigenvalue weighted by Crippen LogP contribution is 2.32. The van der Waals surface area contributed by atoms with Gasteiger partial charge in [0.1, 0.15) is 5.15 Å². The van der Waals surface area contributed by atoms with Crippen molar-refractivity contribution in [3.8, 4) is 0 Å². The van der Waals surface area contributed by atoms with Crippen LogP contribution < -0.4 is 5.32 Å². The van der Waals surface area contributed by atoms with E-state index in [0.29, 0.717) is 22.0 Å². The van der Waals surface area contributed by atoms with Crippen molar-refractivity contribution in [1.29, 1.82) is 0 Å². The number of halogens is 4. The van der Waals surface area contributed by atoms with E-state index in [0.717, 1.165) is 0 Å². The molecule has 1 atom stereocenters. The van der Waals surface area contributed by atoms with Crippen LogP contribution in [0.1, 0.15) is 23.6 Å². The predicted octanol–water partition coefficient (Wildman–Crippen LogP) is 5.15. The number of pyridine rings is 1. The van der Waals surface area contributed by atoms with Gasteiger partial charge in [-0.1, -0.05) is 41.9 Å². The molecule has 1 aromatic carbocycles. The highest BCUT2D eigenvalue weighted by Gasteiger charge is 2.32. The van der Waals surface area contributed by atoms with E-state index in [2.05, 4.69) is 10.3 Å². The van der Waals surface area contributed by atoms with Crippen molar-refractivity contribution in [3.05, 3.63) is 58.9 Å². The Kier molecular flexibility index (Phi) is 4.73. The number of rotatable bonds is 4. The molecule has 0 saturated heterocycles. The molecule has 2 aromatic rings. The number of benzene rings is 1. The number of alkyl halides is 3. The Morgan fingerprint density at radius 2 is 1.90 bits per heavy atom. The predicted molar refractivity (Wildman–Crippen MR) is 77.5 cm³/mol. The van der Waals surface area contributed by atoms with Crippen LogP contribution in [0.4, 0.5) is 18.9 Å². The van der Waals surface area contributed by atoms with E-state index in [9.17, 15) is 13.2 Å². The first kappa shape index (κ1) is 15.6. The second-order valence-corrected chi connectivity index (χ2v) is 5.12. The Bertz CT molecular complexity index is 600. The van der Waals surface area contributed by atoms with E-state index < -0.39 is 18.6 Å². The summed E-state index contributed by atoms with van der Waals surface area (Å²) in [6, 6.07) is 9.34. The average molecular weight is 315 g/mol. The lowest BCUT2D eigenvalue weighted by Gasteiger charge is -2.22. The molecule has 0 saturated carbocycles. The molecule has 0 amide bonds. The van der Waals surface area contributed by atoms with Gasteiger partial charge in [-0.05, 0) is 24.1 Å². The molecule has 0 fully saturated rings. The lowest BCUT2D eigenvalue weighted by Crippen LogP contribution is -2.20. The summed E-state index contributed by atoms with van der Waals surface area (Å²) < 4.78 is 38.3. The van der Waals surface area contributed by atoms with Gasteiger partial charge in [-0.15, -0.1) is 0 Å². The minimum Gasteiger partial charge on any atom is -0.377 e. The van der Waals surface area contributed by atoms with Crippen LogP contribution in [0.15, 0.2) is 42.6 Å². The number of anilines is 1. The molecule has 0 aliphatic rings. The van der Waals surface area contributed by atoms with Gasteiger partial charge >= 0.3 is 6.18 Å². The van der Waals surface area contributed by atoms with E-state index in [1.54, 1.807) is 43.3 Å². The van der Waals surface area contributed by atoms with Crippen molar-refractivity contribution in [3.63, 3.8) is 0 Å². The van der Waals surface area contributed by atoms with Gasteiger partial charge in [0.15, 0.2) is 0 Å². The summed E-state index contributed by atoms with van der Waals surface area (Å²) in [6.45, 7) is 1.75. The van der Waals surface area contributed by atoms with Crippen LogP contribution in [0.2, 0.25) is 5.15 Å². The summed E-state index contributed by atoms with van der Waals surface area (Å²) in [7, 11) is 0. The van der Waals surface area contributed by atoms with Crippen LogP contribution in [0.3, 0.4) is 0 Å². The third-order valence-electron chi connectivity index (χ3n) is 2.99. The number of hydrogen-bond donors (Lipinski definition) is 1. The molecule has 1 N–H and O–H groups in total. The quantitative estimate of drug-likeness (QED) is 0.789. The molecule has 2 nitrogen and oxygen atoms in total. The number of nitrogens with one attached hydrogen (secondary N) is 1. The molecular weight excluding hydrogens is 301 g/mol. The van der Waals surface area contributed by atoms with Gasteiger partial charge in [0.05, 0.1) is 24.3 Å². The van der Waals surface area contributed by atoms with Crippen molar-refractivity contribution in [2.24, 2.45) is 0 Å². The molecule has 0 spiro atoms. The zero-order valence-corrected chi connectivity index (χ0v) is 12.0. The van der Waals surface area contributed by atoms with Gasteiger partial charge < -0.3 is 5.32 Å². The molecule has 112 valence electrons. The number of hydrogen-bond acceptors (Lipinski definition) is 2. The van der Waals surface area contributed by atoms with Crippen molar-refractivity contribution in [1.82, 2.24) is 4.98 Å². The maximum absolute atomic E-state index is 12.8. The Labute approximate surface area is 126 Å². The van der Waals surface area contributed by atoms with E-state index in [-0.39, 0.29) is 0 Å². The van der Waals surface area contributed by atoms with Crippen molar-refractivity contribution < 1.29 is 13.2 Å². The van der Waals surface area contributed by atoms with Crippen LogP contribution in [-0.4, -0.2) is 11.2 Å². The first-order valence-corrected chi connectivity index (χ1v) is 6.73. The second-order valence-electron chi connectivity index (χ2n) is 4.76. The Morgan fingerprint density at radius 1 is 1.24 bits per heavy atom. The molecule has 0 aliphatic carbocycles. The third kappa shape index (κ3) is 4.63. The largest absolute Gasteiger partial charge is 0.391 e. The highest BCUT2D eigenvalue weighted by atomic mass is 35.5. The fourth-order valence-corrected chi connectivity index (χ4v) is 2.11. The van der Waals surface area contributed by atoms with Crippen molar-refractivity contribution in [2.75, 3.05) is 5.32 Å². The minimum atomic E-state index is -4.26. The molecule has 6 heteroatoms. The maximum atomic E-state index is 12.8. The standard InChI is InChI=1S/C15H14ClF3N2/c1-10-7-12(9-20-14(10)16)21-13(8-15(17,18)19)11-5-3-2-4-6-11/h2-7,9,13,21H,8H2,1H3. The normalized spacial score (nSPS) is 13.0. The maximum Gasteiger partial charge on any atom is 0.391 e. The van der Waals surface area contributed by atoms with Gasteiger partial charge in [0.25, 0.3) is 0 Å². The Morgan fingerprint density at radius 3 is 2.48 bits per heavy atom. The van der Waals surface area contributed by atoms with Crippen LogP contribution in [0, 0.1) is 6.92 Å². The van der Waals surface area contributed by atoms with Gasteiger partial charge in [0, 0.05) is 0 Å². The summed E-state index contributed by atoms with van der Waals surface area (Å²) >= 11 is 5.82. The lowest BCUT2D eigenvalue weighted by atomic mass is 10.0. The number of nitrogens with zero attached hydrogens (tertiary/aromatic N) is 1. The van der Waals surface area contributed by atoms with Gasteiger partial charge in [-0.25, -0.2) is 4.98 Å². The van der Waals surface area contributed by atoms with Crippen LogP contribution in [0.5, 0.6) is 0 Å².